The van der Waals surface area contributed by atoms with Crippen LogP contribution in [-0.2, 0) is 23.2 Å². The van der Waals surface area contributed by atoms with Gasteiger partial charge in [0.2, 0.25) is 10.0 Å². The number of benzene rings is 3. The smallest absolute Gasteiger partial charge is 0.238 e. The third-order valence-electron chi connectivity index (χ3n) is 4.31. The number of halogens is 2. The van der Waals surface area contributed by atoms with Crippen molar-refractivity contribution in [1.82, 2.24) is 0 Å². The molecule has 9 heteroatoms. The number of primary sulfonamides is 1. The fourth-order valence-corrected chi connectivity index (χ4v) is 3.79. The Morgan fingerprint density at radius 2 is 1.70 bits per heavy atom. The molecule has 0 heterocycles. The summed E-state index contributed by atoms with van der Waals surface area (Å²) in [5, 5.41) is 9.04. The van der Waals surface area contributed by atoms with Gasteiger partial charge in [-0.3, -0.25) is 0 Å². The van der Waals surface area contributed by atoms with Crippen molar-refractivity contribution in [2.24, 2.45) is 5.14 Å². The van der Waals surface area contributed by atoms with Crippen LogP contribution in [0.15, 0.2) is 70.0 Å². The fourth-order valence-electron chi connectivity index (χ4n) is 2.69. The second kappa shape index (κ2) is 9.70. The van der Waals surface area contributed by atoms with E-state index in [2.05, 4.69) is 21.2 Å². The van der Waals surface area contributed by atoms with E-state index in [0.29, 0.717) is 29.7 Å². The summed E-state index contributed by atoms with van der Waals surface area (Å²) < 4.78 is 34.9. The number of hydrogen-bond acceptors (Lipinski definition) is 5. The molecule has 3 rings (SSSR count). The Morgan fingerprint density at radius 1 is 1.03 bits per heavy atom. The minimum absolute atomic E-state index is 0.0677. The van der Waals surface area contributed by atoms with E-state index in [1.54, 1.807) is 19.2 Å². The van der Waals surface area contributed by atoms with Crippen molar-refractivity contribution in [1.29, 1.82) is 0 Å². The van der Waals surface area contributed by atoms with Crippen LogP contribution in [-0.4, -0.2) is 15.5 Å². The summed E-state index contributed by atoms with van der Waals surface area (Å²) in [6, 6.07) is 17.4. The number of rotatable bonds is 8. The van der Waals surface area contributed by atoms with Crippen LogP contribution in [0.25, 0.3) is 0 Å². The van der Waals surface area contributed by atoms with E-state index in [-0.39, 0.29) is 4.90 Å². The summed E-state index contributed by atoms with van der Waals surface area (Å²) in [6.45, 7) is 0.872. The molecule has 0 spiro atoms. The molecule has 0 amide bonds. The highest BCUT2D eigenvalue weighted by Crippen LogP contribution is 2.34. The van der Waals surface area contributed by atoms with Crippen molar-refractivity contribution in [3.63, 3.8) is 0 Å². The van der Waals surface area contributed by atoms with Crippen LogP contribution in [0.4, 0.5) is 5.69 Å². The largest absolute Gasteiger partial charge is 0.493 e. The lowest BCUT2D eigenvalue weighted by molar-refractivity contribution is 0.284. The molecular formula is C21H20BrClN2O4S. The molecule has 3 aromatic rings. The summed E-state index contributed by atoms with van der Waals surface area (Å²) >= 11 is 9.48. The van der Waals surface area contributed by atoms with E-state index in [0.717, 1.165) is 21.3 Å². The molecule has 3 N–H and O–H groups in total. The van der Waals surface area contributed by atoms with E-state index < -0.39 is 10.0 Å². The Kier molecular flexibility index (Phi) is 7.25. The van der Waals surface area contributed by atoms with Crippen LogP contribution in [0.3, 0.4) is 0 Å². The minimum atomic E-state index is -3.71. The first-order valence-corrected chi connectivity index (χ1v) is 11.6. The van der Waals surface area contributed by atoms with Crippen LogP contribution in [0.1, 0.15) is 11.1 Å². The van der Waals surface area contributed by atoms with Gasteiger partial charge in [0, 0.05) is 21.7 Å². The predicted octanol–water partition coefficient (Wildman–Crippen LogP) is 4.95. The summed E-state index contributed by atoms with van der Waals surface area (Å²) in [7, 11) is -2.12. The SMILES string of the molecule is COc1cc(CNc2ccc(S(N)(=O)=O)cc2)c(Br)cc1OCc1ccc(Cl)cc1. The number of sulfonamides is 1. The lowest BCUT2D eigenvalue weighted by Gasteiger charge is -2.15. The third-order valence-corrected chi connectivity index (χ3v) is 6.23. The van der Waals surface area contributed by atoms with Gasteiger partial charge in [-0.15, -0.1) is 0 Å². The Balaban J connectivity index is 1.69. The molecule has 6 nitrogen and oxygen atoms in total. The first kappa shape index (κ1) is 22.4. The highest BCUT2D eigenvalue weighted by Gasteiger charge is 2.12. The molecule has 0 radical (unpaired) electrons. The molecule has 0 aromatic heterocycles. The zero-order valence-corrected chi connectivity index (χ0v) is 19.2. The monoisotopic (exact) mass is 510 g/mol. The summed E-state index contributed by atoms with van der Waals surface area (Å²) in [6.07, 6.45) is 0. The molecule has 0 aliphatic carbocycles. The molecule has 0 aliphatic rings. The van der Waals surface area contributed by atoms with Crippen molar-refractivity contribution in [3.05, 3.63) is 81.3 Å². The van der Waals surface area contributed by atoms with E-state index in [4.69, 9.17) is 26.2 Å². The highest BCUT2D eigenvalue weighted by molar-refractivity contribution is 9.10. The Hall–Kier alpha value is -2.26. The average molecular weight is 512 g/mol. The predicted molar refractivity (Wildman–Crippen MR) is 122 cm³/mol. The maximum absolute atomic E-state index is 11.3. The number of ether oxygens (including phenoxy) is 2. The number of methoxy groups -OCH3 is 1. The second-order valence-corrected chi connectivity index (χ2v) is 9.28. The molecule has 0 saturated carbocycles. The normalized spacial score (nSPS) is 11.2. The second-order valence-electron chi connectivity index (χ2n) is 6.43. The topological polar surface area (TPSA) is 90.6 Å². The van der Waals surface area contributed by atoms with Gasteiger partial charge < -0.3 is 14.8 Å². The zero-order valence-electron chi connectivity index (χ0n) is 16.1. The van der Waals surface area contributed by atoms with Gasteiger partial charge in [-0.25, -0.2) is 13.6 Å². The van der Waals surface area contributed by atoms with Gasteiger partial charge in [-0.2, -0.15) is 0 Å². The van der Waals surface area contributed by atoms with Crippen LogP contribution < -0.4 is 19.9 Å². The first-order valence-electron chi connectivity index (χ1n) is 8.86. The van der Waals surface area contributed by atoms with Gasteiger partial charge in [0.25, 0.3) is 0 Å². The van der Waals surface area contributed by atoms with Crippen molar-refractivity contribution in [3.8, 4) is 11.5 Å². The van der Waals surface area contributed by atoms with Gasteiger partial charge >= 0.3 is 0 Å². The molecule has 0 unspecified atom stereocenters. The van der Waals surface area contributed by atoms with E-state index in [1.807, 2.05) is 36.4 Å². The van der Waals surface area contributed by atoms with E-state index >= 15 is 0 Å². The third kappa shape index (κ3) is 5.89. The van der Waals surface area contributed by atoms with Crippen molar-refractivity contribution < 1.29 is 17.9 Å². The molecular weight excluding hydrogens is 492 g/mol. The molecule has 0 fully saturated rings. The quantitative estimate of drug-likeness (QED) is 0.447. The lowest BCUT2D eigenvalue weighted by Crippen LogP contribution is -2.12. The van der Waals surface area contributed by atoms with Gasteiger partial charge in [-0.1, -0.05) is 39.7 Å². The van der Waals surface area contributed by atoms with Crippen LogP contribution >= 0.6 is 27.5 Å². The standard InChI is InChI=1S/C21H20BrClN2O4S/c1-28-20-10-15(12-25-17-6-8-18(9-7-17)30(24,26)27)19(22)11-21(20)29-13-14-2-4-16(23)5-3-14/h2-11,25H,12-13H2,1H3,(H2,24,26,27). The van der Waals surface area contributed by atoms with Crippen LogP contribution in [0.5, 0.6) is 11.5 Å². The molecule has 0 saturated heterocycles. The molecule has 3 aromatic carbocycles. The zero-order chi connectivity index (χ0) is 21.7. The average Bonchev–Trinajstić information content (AvgIpc) is 2.72. The highest BCUT2D eigenvalue weighted by atomic mass is 79.9. The molecule has 0 bridgehead atoms. The Morgan fingerprint density at radius 3 is 2.30 bits per heavy atom. The number of nitrogens with one attached hydrogen (secondary N) is 1. The Bertz CT molecular complexity index is 1120. The molecule has 158 valence electrons. The van der Waals surface area contributed by atoms with Gasteiger partial charge in [0.05, 0.1) is 12.0 Å². The van der Waals surface area contributed by atoms with Crippen molar-refractivity contribution in [2.75, 3.05) is 12.4 Å². The Labute approximate surface area is 189 Å². The summed E-state index contributed by atoms with van der Waals surface area (Å²) in [5.41, 5.74) is 2.70. The molecule has 0 aliphatic heterocycles. The fraction of sp³-hybridized carbons (Fsp3) is 0.143. The number of anilines is 1. The summed E-state index contributed by atoms with van der Waals surface area (Å²) in [5.74, 6) is 1.22. The molecule has 0 atom stereocenters. The van der Waals surface area contributed by atoms with Gasteiger partial charge in [0.1, 0.15) is 6.61 Å². The summed E-state index contributed by atoms with van der Waals surface area (Å²) in [4.78, 5) is 0.0677. The van der Waals surface area contributed by atoms with E-state index in [1.165, 1.54) is 12.1 Å². The lowest BCUT2D eigenvalue weighted by atomic mass is 10.2. The van der Waals surface area contributed by atoms with Crippen LogP contribution in [0, 0.1) is 0 Å². The maximum atomic E-state index is 11.3. The maximum Gasteiger partial charge on any atom is 0.238 e. The van der Waals surface area contributed by atoms with Gasteiger partial charge in [-0.05, 0) is 59.7 Å². The first-order chi connectivity index (χ1) is 14.3. The van der Waals surface area contributed by atoms with Gasteiger partial charge in [0.15, 0.2) is 11.5 Å². The number of hydrogen-bond donors (Lipinski definition) is 2. The van der Waals surface area contributed by atoms with Crippen LogP contribution in [0.2, 0.25) is 5.02 Å². The van der Waals surface area contributed by atoms with Crippen molar-refractivity contribution in [2.45, 2.75) is 18.0 Å². The molecule has 30 heavy (non-hydrogen) atoms. The van der Waals surface area contributed by atoms with Crippen molar-refractivity contribution >= 4 is 43.2 Å². The number of nitrogens with two attached hydrogens (primary N) is 1. The van der Waals surface area contributed by atoms with E-state index in [9.17, 15) is 8.42 Å². The minimum Gasteiger partial charge on any atom is -0.493 e.